The average molecular weight is 430 g/mol. The van der Waals surface area contributed by atoms with E-state index in [9.17, 15) is 17.6 Å². The number of hydrogen-bond acceptors (Lipinski definition) is 4. The summed E-state index contributed by atoms with van der Waals surface area (Å²) in [6.07, 6.45) is 7.26. The summed E-state index contributed by atoms with van der Waals surface area (Å²) in [4.78, 5) is 0. The number of rotatable bonds is 13. The van der Waals surface area contributed by atoms with Crippen LogP contribution in [0.15, 0.2) is 24.3 Å². The standard InChI is InChI=1S/C22H26F4O4/c23-19-15(27)9-11-17(21(19)25)29-13-7-5-3-1-2-4-6-8-14-30-18-12-10-16(28)20(24)22(18)26/h9-12,27-28H,1-8,13-14H2. The first-order valence-corrected chi connectivity index (χ1v) is 10.0. The van der Waals surface area contributed by atoms with Crippen LogP contribution in [-0.4, -0.2) is 23.4 Å². The predicted octanol–water partition coefficient (Wildman–Crippen LogP) is 6.23. The van der Waals surface area contributed by atoms with Gasteiger partial charge in [0.25, 0.3) is 0 Å². The highest BCUT2D eigenvalue weighted by Gasteiger charge is 2.14. The maximum absolute atomic E-state index is 13.5. The Morgan fingerprint density at radius 3 is 1.20 bits per heavy atom. The van der Waals surface area contributed by atoms with E-state index < -0.39 is 34.8 Å². The molecule has 0 aromatic heterocycles. The highest BCUT2D eigenvalue weighted by molar-refractivity contribution is 5.34. The third-order valence-electron chi connectivity index (χ3n) is 4.61. The highest BCUT2D eigenvalue weighted by atomic mass is 19.2. The smallest absolute Gasteiger partial charge is 0.204 e. The number of phenols is 2. The molecule has 2 aromatic rings. The summed E-state index contributed by atoms with van der Waals surface area (Å²) in [5.74, 6) is -6.88. The molecule has 0 aliphatic heterocycles. The van der Waals surface area contributed by atoms with Gasteiger partial charge >= 0.3 is 0 Å². The molecule has 4 nitrogen and oxygen atoms in total. The van der Waals surface area contributed by atoms with Crippen molar-refractivity contribution in [3.05, 3.63) is 47.5 Å². The van der Waals surface area contributed by atoms with Gasteiger partial charge in [-0.2, -0.15) is 17.6 Å². The number of halogens is 4. The number of ether oxygens (including phenoxy) is 2. The number of hydrogen-bond donors (Lipinski definition) is 2. The zero-order valence-corrected chi connectivity index (χ0v) is 16.6. The van der Waals surface area contributed by atoms with Crippen molar-refractivity contribution in [3.63, 3.8) is 0 Å². The van der Waals surface area contributed by atoms with E-state index in [1.165, 1.54) is 12.1 Å². The van der Waals surface area contributed by atoms with Crippen molar-refractivity contribution in [3.8, 4) is 23.0 Å². The quantitative estimate of drug-likeness (QED) is 0.292. The van der Waals surface area contributed by atoms with Gasteiger partial charge in [-0.15, -0.1) is 0 Å². The van der Waals surface area contributed by atoms with Crippen molar-refractivity contribution >= 4 is 0 Å². The SMILES string of the molecule is Oc1ccc(OCCCCCCCCCCOc2ccc(O)c(F)c2F)c(F)c1F. The Morgan fingerprint density at radius 1 is 0.500 bits per heavy atom. The van der Waals surface area contributed by atoms with E-state index in [1.807, 2.05) is 0 Å². The first-order chi connectivity index (χ1) is 14.4. The third kappa shape index (κ3) is 7.00. The molecule has 2 rings (SSSR count). The first-order valence-electron chi connectivity index (χ1n) is 10.0. The van der Waals surface area contributed by atoms with Crippen molar-refractivity contribution in [2.75, 3.05) is 13.2 Å². The molecular weight excluding hydrogens is 404 g/mol. The van der Waals surface area contributed by atoms with E-state index in [4.69, 9.17) is 19.7 Å². The van der Waals surface area contributed by atoms with Gasteiger partial charge in [0.1, 0.15) is 0 Å². The summed E-state index contributed by atoms with van der Waals surface area (Å²) in [7, 11) is 0. The topological polar surface area (TPSA) is 58.9 Å². The van der Waals surface area contributed by atoms with Crippen LogP contribution in [-0.2, 0) is 0 Å². The van der Waals surface area contributed by atoms with Gasteiger partial charge in [-0.1, -0.05) is 38.5 Å². The monoisotopic (exact) mass is 430 g/mol. The Kier molecular flexibility index (Phi) is 9.57. The summed E-state index contributed by atoms with van der Waals surface area (Å²) >= 11 is 0. The van der Waals surface area contributed by atoms with E-state index >= 15 is 0 Å². The van der Waals surface area contributed by atoms with E-state index in [0.717, 1.165) is 50.7 Å². The number of benzene rings is 2. The largest absolute Gasteiger partial charge is 0.505 e. The molecule has 0 spiro atoms. The highest BCUT2D eigenvalue weighted by Crippen LogP contribution is 2.27. The summed E-state index contributed by atoms with van der Waals surface area (Å²) in [5.41, 5.74) is 0. The van der Waals surface area contributed by atoms with Crippen LogP contribution in [0.5, 0.6) is 23.0 Å². The number of aromatic hydroxyl groups is 2. The molecule has 0 fully saturated rings. The van der Waals surface area contributed by atoms with Crippen LogP contribution in [0.2, 0.25) is 0 Å². The maximum atomic E-state index is 13.5. The predicted molar refractivity (Wildman–Crippen MR) is 104 cm³/mol. The van der Waals surface area contributed by atoms with Crippen molar-refractivity contribution in [1.29, 1.82) is 0 Å². The molecule has 0 heterocycles. The molecule has 0 unspecified atom stereocenters. The molecular formula is C22H26F4O4. The summed E-state index contributed by atoms with van der Waals surface area (Å²) in [6.45, 7) is 0.541. The second-order valence-corrected chi connectivity index (χ2v) is 6.95. The lowest BCUT2D eigenvalue weighted by molar-refractivity contribution is 0.279. The molecule has 0 radical (unpaired) electrons. The van der Waals surface area contributed by atoms with Gasteiger partial charge < -0.3 is 19.7 Å². The van der Waals surface area contributed by atoms with Crippen LogP contribution in [0.1, 0.15) is 51.4 Å². The molecule has 0 amide bonds. The van der Waals surface area contributed by atoms with Crippen LogP contribution in [0, 0.1) is 23.3 Å². The Balaban J connectivity index is 1.45. The summed E-state index contributed by atoms with van der Waals surface area (Å²) in [5, 5.41) is 18.1. The van der Waals surface area contributed by atoms with Crippen LogP contribution < -0.4 is 9.47 Å². The molecule has 0 saturated carbocycles. The minimum Gasteiger partial charge on any atom is -0.505 e. The van der Waals surface area contributed by atoms with Crippen LogP contribution in [0.3, 0.4) is 0 Å². The van der Waals surface area contributed by atoms with E-state index in [2.05, 4.69) is 0 Å². The van der Waals surface area contributed by atoms with Gasteiger partial charge in [0.2, 0.25) is 23.3 Å². The fourth-order valence-electron chi connectivity index (χ4n) is 2.90. The summed E-state index contributed by atoms with van der Waals surface area (Å²) in [6, 6.07) is 4.50. The van der Waals surface area contributed by atoms with Gasteiger partial charge in [-0.3, -0.25) is 0 Å². The van der Waals surface area contributed by atoms with Crippen LogP contribution >= 0.6 is 0 Å². The third-order valence-corrected chi connectivity index (χ3v) is 4.61. The number of unbranched alkanes of at least 4 members (excludes halogenated alkanes) is 7. The Bertz CT molecular complexity index is 747. The Labute approximate surface area is 173 Å². The Morgan fingerprint density at radius 2 is 0.833 bits per heavy atom. The molecule has 2 N–H and O–H groups in total. The number of phenolic OH excluding ortho intramolecular Hbond substituents is 2. The van der Waals surface area contributed by atoms with E-state index in [0.29, 0.717) is 12.8 Å². The fraction of sp³-hybridized carbons (Fsp3) is 0.455. The maximum Gasteiger partial charge on any atom is 0.204 e. The molecule has 0 atom stereocenters. The molecule has 0 saturated heterocycles. The van der Waals surface area contributed by atoms with Gasteiger partial charge in [0.05, 0.1) is 13.2 Å². The van der Waals surface area contributed by atoms with E-state index in [1.54, 1.807) is 0 Å². The lowest BCUT2D eigenvalue weighted by Crippen LogP contribution is -2.01. The Hall–Kier alpha value is -2.64. The van der Waals surface area contributed by atoms with Gasteiger partial charge in [-0.05, 0) is 37.1 Å². The second-order valence-electron chi connectivity index (χ2n) is 6.95. The molecule has 0 aliphatic carbocycles. The van der Waals surface area contributed by atoms with Crippen molar-refractivity contribution in [1.82, 2.24) is 0 Å². The normalized spacial score (nSPS) is 10.9. The molecule has 30 heavy (non-hydrogen) atoms. The first kappa shape index (κ1) is 23.6. The molecule has 2 aromatic carbocycles. The molecule has 0 aliphatic rings. The molecule has 8 heteroatoms. The van der Waals surface area contributed by atoms with Crippen molar-refractivity contribution in [2.24, 2.45) is 0 Å². The van der Waals surface area contributed by atoms with E-state index in [-0.39, 0.29) is 24.7 Å². The van der Waals surface area contributed by atoms with Gasteiger partial charge in [0.15, 0.2) is 23.0 Å². The van der Waals surface area contributed by atoms with Crippen molar-refractivity contribution in [2.45, 2.75) is 51.4 Å². The minimum atomic E-state index is -1.31. The fourth-order valence-corrected chi connectivity index (χ4v) is 2.90. The van der Waals surface area contributed by atoms with Crippen LogP contribution in [0.4, 0.5) is 17.6 Å². The average Bonchev–Trinajstić information content (AvgIpc) is 2.74. The van der Waals surface area contributed by atoms with Gasteiger partial charge in [-0.25, -0.2) is 0 Å². The van der Waals surface area contributed by atoms with Gasteiger partial charge in [0, 0.05) is 0 Å². The minimum absolute atomic E-state index is 0.206. The lowest BCUT2D eigenvalue weighted by atomic mass is 10.1. The zero-order chi connectivity index (χ0) is 21.9. The second kappa shape index (κ2) is 12.1. The molecule has 166 valence electrons. The lowest BCUT2D eigenvalue weighted by Gasteiger charge is -2.09. The zero-order valence-electron chi connectivity index (χ0n) is 16.6. The summed E-state index contributed by atoms with van der Waals surface area (Å²) < 4.78 is 63.8. The van der Waals surface area contributed by atoms with Crippen molar-refractivity contribution < 1.29 is 37.2 Å². The molecule has 0 bridgehead atoms. The van der Waals surface area contributed by atoms with Crippen LogP contribution in [0.25, 0.3) is 0 Å².